The zero-order chi connectivity index (χ0) is 27.7. The Bertz CT molecular complexity index is 1500. The number of carbonyl (C=O) groups excluding carboxylic acids is 2. The first-order valence-corrected chi connectivity index (χ1v) is 12.0. The van der Waals surface area contributed by atoms with Gasteiger partial charge in [0.2, 0.25) is 5.69 Å². The first-order chi connectivity index (χ1) is 16.3. The van der Waals surface area contributed by atoms with E-state index in [0.717, 1.165) is 40.6 Å². The Kier molecular flexibility index (Phi) is 7.84. The van der Waals surface area contributed by atoms with E-state index in [0.29, 0.717) is 0 Å². The smallest absolute Gasteiger partial charge is 0.283 e. The van der Waals surface area contributed by atoms with Crippen LogP contribution in [0.2, 0.25) is 0 Å². The molecule has 194 valence electrons. The Labute approximate surface area is 199 Å². The van der Waals surface area contributed by atoms with Gasteiger partial charge in [0.15, 0.2) is 23.8 Å². The van der Waals surface area contributed by atoms with E-state index in [9.17, 15) is 52.8 Å². The van der Waals surface area contributed by atoms with Crippen LogP contribution in [0.4, 0.5) is 26.3 Å². The van der Waals surface area contributed by atoms with Gasteiger partial charge in [0.25, 0.3) is 17.3 Å². The van der Waals surface area contributed by atoms with E-state index in [1.807, 2.05) is 0 Å². The fourth-order valence-electron chi connectivity index (χ4n) is 2.50. The summed E-state index contributed by atoms with van der Waals surface area (Å²) in [5.41, 5.74) is -17.5. The highest BCUT2D eigenvalue weighted by Crippen LogP contribution is 2.27. The summed E-state index contributed by atoms with van der Waals surface area (Å²) >= 11 is 0. The van der Waals surface area contributed by atoms with Gasteiger partial charge in [-0.1, -0.05) is 0 Å². The van der Waals surface area contributed by atoms with Crippen molar-refractivity contribution in [2.75, 3.05) is 0 Å². The number of hydrogen-bond acceptors (Lipinski definition) is 6. The van der Waals surface area contributed by atoms with Gasteiger partial charge in [-0.3, -0.25) is 9.59 Å². The summed E-state index contributed by atoms with van der Waals surface area (Å²) in [6.07, 6.45) is 2.27. The third-order valence-corrected chi connectivity index (χ3v) is 6.25. The van der Waals surface area contributed by atoms with Gasteiger partial charge in [-0.05, 0) is 12.1 Å². The standard InChI is InChI=1S/C18H14F6N4O6S2/c1-27-9-5-3-7-11(27)13(25-35(31,32)17(19,20)21)14(26-36(33,34)18(22,23)24)16(30)15(29)12-8-4-6-10-28(12)2/h3-10H,1-2H3/q+2. The van der Waals surface area contributed by atoms with E-state index in [4.69, 9.17) is 0 Å². The van der Waals surface area contributed by atoms with Crippen molar-refractivity contribution >= 4 is 43.0 Å². The first kappa shape index (κ1) is 28.7. The van der Waals surface area contributed by atoms with Crippen molar-refractivity contribution in [1.29, 1.82) is 0 Å². The van der Waals surface area contributed by atoms with Crippen molar-refractivity contribution in [3.8, 4) is 0 Å². The molecule has 0 N–H and O–H groups in total. The molecule has 0 unspecified atom stereocenters. The minimum atomic E-state index is -6.68. The van der Waals surface area contributed by atoms with Crippen LogP contribution in [0, 0.1) is 0 Å². The molecule has 0 fully saturated rings. The molecule has 0 amide bonds. The lowest BCUT2D eigenvalue weighted by Gasteiger charge is -2.10. The van der Waals surface area contributed by atoms with Gasteiger partial charge in [0, 0.05) is 24.3 Å². The zero-order valence-corrected chi connectivity index (χ0v) is 19.6. The highest BCUT2D eigenvalue weighted by molar-refractivity contribution is 7.91. The number of carbonyl (C=O) groups is 2. The van der Waals surface area contributed by atoms with Gasteiger partial charge >= 0.3 is 31.1 Å². The third-order valence-electron chi connectivity index (χ3n) is 4.24. The van der Waals surface area contributed by atoms with Crippen LogP contribution < -0.4 is 9.13 Å². The Morgan fingerprint density at radius 2 is 1.14 bits per heavy atom. The van der Waals surface area contributed by atoms with Crippen LogP contribution in [0.5, 0.6) is 0 Å². The Balaban J connectivity index is 3.02. The second-order valence-corrected chi connectivity index (χ2v) is 9.96. The van der Waals surface area contributed by atoms with E-state index < -0.39 is 65.4 Å². The van der Waals surface area contributed by atoms with E-state index in [1.54, 1.807) is 0 Å². The molecule has 0 aliphatic carbocycles. The molecule has 0 spiro atoms. The van der Waals surface area contributed by atoms with Crippen molar-refractivity contribution in [1.82, 2.24) is 0 Å². The summed E-state index contributed by atoms with van der Waals surface area (Å²) in [5, 5.41) is 0. The number of alkyl halides is 6. The maximum absolute atomic E-state index is 13.1. The molecule has 0 aliphatic rings. The van der Waals surface area contributed by atoms with Crippen LogP contribution >= 0.6 is 0 Å². The molecule has 10 nitrogen and oxygen atoms in total. The molecule has 0 saturated heterocycles. The predicted molar refractivity (Wildman–Crippen MR) is 108 cm³/mol. The molecule has 36 heavy (non-hydrogen) atoms. The van der Waals surface area contributed by atoms with Gasteiger partial charge < -0.3 is 0 Å². The predicted octanol–water partition coefficient (Wildman–Crippen LogP) is 0.717. The molecule has 2 heterocycles. The highest BCUT2D eigenvalue weighted by Gasteiger charge is 2.50. The first-order valence-electron chi connectivity index (χ1n) is 9.11. The summed E-state index contributed by atoms with van der Waals surface area (Å²) in [7, 11) is -11.0. The minimum Gasteiger partial charge on any atom is -0.283 e. The van der Waals surface area contributed by atoms with Gasteiger partial charge in [-0.25, -0.2) is 0 Å². The number of aromatic nitrogens is 2. The van der Waals surface area contributed by atoms with Gasteiger partial charge in [-0.2, -0.15) is 52.3 Å². The third kappa shape index (κ3) is 5.99. The van der Waals surface area contributed by atoms with E-state index in [-0.39, 0.29) is 0 Å². The number of sulfonamides is 2. The molecule has 0 radical (unpaired) electrons. The molecule has 0 saturated carbocycles. The number of Topliss-reactive ketones (excluding diaryl/α,β-unsaturated/α-hetero) is 2. The van der Waals surface area contributed by atoms with Gasteiger partial charge in [0.05, 0.1) is 0 Å². The lowest BCUT2D eigenvalue weighted by molar-refractivity contribution is -0.673. The fraction of sp³-hybridized carbons (Fsp3) is 0.222. The number of halogens is 6. The monoisotopic (exact) mass is 560 g/mol. The Morgan fingerprint density at radius 3 is 1.56 bits per heavy atom. The van der Waals surface area contributed by atoms with Crippen molar-refractivity contribution in [2.24, 2.45) is 22.9 Å². The topological polar surface area (TPSA) is 135 Å². The van der Waals surface area contributed by atoms with Crippen molar-refractivity contribution in [3.05, 3.63) is 60.2 Å². The van der Waals surface area contributed by atoms with E-state index >= 15 is 0 Å². The lowest BCUT2D eigenvalue weighted by atomic mass is 10.0. The fourth-order valence-corrected chi connectivity index (χ4v) is 3.54. The summed E-state index contributed by atoms with van der Waals surface area (Å²) < 4.78 is 132. The van der Waals surface area contributed by atoms with E-state index in [2.05, 4.69) is 8.80 Å². The molecule has 0 aromatic carbocycles. The normalized spacial score (nSPS) is 14.0. The Hall–Kier alpha value is -3.54. The molecule has 2 aromatic heterocycles. The van der Waals surface area contributed by atoms with Crippen molar-refractivity contribution in [2.45, 2.75) is 11.0 Å². The molecule has 2 rings (SSSR count). The largest absolute Gasteiger partial charge is 0.518 e. The zero-order valence-electron chi connectivity index (χ0n) is 17.9. The van der Waals surface area contributed by atoms with Crippen LogP contribution in [0.3, 0.4) is 0 Å². The number of rotatable bonds is 7. The molecule has 2 aromatic rings. The maximum Gasteiger partial charge on any atom is 0.518 e. The molecule has 0 bridgehead atoms. The van der Waals surface area contributed by atoms with Gasteiger partial charge in [0.1, 0.15) is 14.1 Å². The summed E-state index contributed by atoms with van der Waals surface area (Å²) in [4.78, 5) is 25.7. The minimum absolute atomic E-state index is 0.546. The summed E-state index contributed by atoms with van der Waals surface area (Å²) in [5.74, 6) is -3.89. The highest BCUT2D eigenvalue weighted by atomic mass is 32.2. The van der Waals surface area contributed by atoms with E-state index in [1.165, 1.54) is 31.4 Å². The lowest BCUT2D eigenvalue weighted by Crippen LogP contribution is -2.45. The van der Waals surface area contributed by atoms with Crippen molar-refractivity contribution < 1.29 is 61.9 Å². The summed E-state index contributed by atoms with van der Waals surface area (Å²) in [6.45, 7) is 0. The van der Waals surface area contributed by atoms with Crippen LogP contribution in [0.1, 0.15) is 16.2 Å². The van der Waals surface area contributed by atoms with Crippen LogP contribution in [0.15, 0.2) is 57.6 Å². The van der Waals surface area contributed by atoms with Crippen molar-refractivity contribution in [3.63, 3.8) is 0 Å². The molecule has 0 atom stereocenters. The van der Waals surface area contributed by atoms with Gasteiger partial charge in [-0.15, -0.1) is 8.80 Å². The SMILES string of the molecule is C[n+]1ccccc1C(=O)C(=O)C(=NS(=O)(=O)C(F)(F)F)C(=NS(=O)(=O)C(F)(F)F)c1cccc[n+]1C. The van der Waals surface area contributed by atoms with Crippen LogP contribution in [-0.2, 0) is 38.9 Å². The number of pyridine rings is 2. The molecule has 18 heteroatoms. The quantitative estimate of drug-likeness (QED) is 0.161. The number of ketones is 2. The second kappa shape index (κ2) is 9.84. The average Bonchev–Trinajstić information content (AvgIpc) is 2.74. The molecular formula is C18H14F6N4O6S2+2. The number of hydrogen-bond donors (Lipinski definition) is 0. The molecular weight excluding hydrogens is 546 g/mol. The average molecular weight is 560 g/mol. The Morgan fingerprint density at radius 1 is 0.722 bits per heavy atom. The number of aryl methyl sites for hydroxylation is 2. The molecule has 0 aliphatic heterocycles. The van der Waals surface area contributed by atoms with Crippen LogP contribution in [-0.4, -0.2) is 50.8 Å². The second-order valence-electron chi connectivity index (χ2n) is 6.77. The summed E-state index contributed by atoms with van der Waals surface area (Å²) in [6, 6.07) is 6.69. The maximum atomic E-state index is 13.1. The van der Waals surface area contributed by atoms with Crippen LogP contribution in [0.25, 0.3) is 0 Å². The number of nitrogens with zero attached hydrogens (tertiary/aromatic N) is 4.